The molecule has 2 aromatic rings. The van der Waals surface area contributed by atoms with Gasteiger partial charge < -0.3 is 0 Å². The van der Waals surface area contributed by atoms with Crippen LogP contribution >= 0.6 is 0 Å². The van der Waals surface area contributed by atoms with Gasteiger partial charge in [0.2, 0.25) is 0 Å². The molecule has 0 unspecified atom stereocenters. The van der Waals surface area contributed by atoms with Crippen LogP contribution in [0.15, 0.2) is 18.5 Å². The van der Waals surface area contributed by atoms with Crippen molar-refractivity contribution in [1.29, 1.82) is 0 Å². The molecule has 0 aromatic carbocycles. The minimum atomic E-state index is 0.910. The quantitative estimate of drug-likeness (QED) is 0.618. The smallest absolute Gasteiger partial charge is 0.155 e. The number of nitrogens with zero attached hydrogens (tertiary/aromatic N) is 3. The molecule has 2 aromatic heterocycles. The first-order valence-corrected chi connectivity index (χ1v) is 4.55. The maximum Gasteiger partial charge on any atom is 0.155 e. The second kappa shape index (κ2) is 4.03. The van der Waals surface area contributed by atoms with Crippen molar-refractivity contribution < 1.29 is 0 Å². The van der Waals surface area contributed by atoms with E-state index in [1.54, 1.807) is 10.7 Å². The Balaban J connectivity index is 0.000000396. The molecule has 0 aliphatic rings. The van der Waals surface area contributed by atoms with Gasteiger partial charge in [0.05, 0.1) is 6.20 Å². The van der Waals surface area contributed by atoms with Crippen LogP contribution in [0.1, 0.15) is 25.1 Å². The van der Waals surface area contributed by atoms with Crippen molar-refractivity contribution in [3.05, 3.63) is 29.7 Å². The predicted octanol–water partition coefficient (Wildman–Crippen LogP) is 2.37. The van der Waals surface area contributed by atoms with Gasteiger partial charge in [-0.05, 0) is 19.4 Å². The average molecular weight is 177 g/mol. The van der Waals surface area contributed by atoms with Crippen molar-refractivity contribution >= 4 is 5.65 Å². The molecule has 13 heavy (non-hydrogen) atoms. The van der Waals surface area contributed by atoms with E-state index < -0.39 is 0 Å². The zero-order chi connectivity index (χ0) is 9.84. The zero-order valence-electron chi connectivity index (χ0n) is 8.57. The maximum atomic E-state index is 4.34. The number of aromatic nitrogens is 3. The summed E-state index contributed by atoms with van der Waals surface area (Å²) in [5.74, 6) is 0. The summed E-state index contributed by atoms with van der Waals surface area (Å²) in [5.41, 5.74) is 3.15. The largest absolute Gasteiger partial charge is 0.234 e. The van der Waals surface area contributed by atoms with Crippen molar-refractivity contribution in [3.63, 3.8) is 0 Å². The van der Waals surface area contributed by atoms with E-state index >= 15 is 0 Å². The Morgan fingerprint density at radius 1 is 1.23 bits per heavy atom. The van der Waals surface area contributed by atoms with Gasteiger partial charge in [-0.1, -0.05) is 13.8 Å². The molecule has 0 aliphatic heterocycles. The minimum absolute atomic E-state index is 0.910. The van der Waals surface area contributed by atoms with Crippen LogP contribution in [0, 0.1) is 13.8 Å². The second-order valence-corrected chi connectivity index (χ2v) is 2.64. The molecule has 0 saturated heterocycles. The molecule has 0 atom stereocenters. The lowest BCUT2D eigenvalue weighted by Crippen LogP contribution is -1.94. The summed E-state index contributed by atoms with van der Waals surface area (Å²) in [6.45, 7) is 8.03. The van der Waals surface area contributed by atoms with Gasteiger partial charge in [0.25, 0.3) is 0 Å². The third kappa shape index (κ3) is 1.86. The van der Waals surface area contributed by atoms with Crippen LogP contribution in [0.5, 0.6) is 0 Å². The Kier molecular flexibility index (Phi) is 3.01. The SMILES string of the molecule is CC.Cc1cn2nccc2nc1C. The maximum absolute atomic E-state index is 4.34. The normalized spacial score (nSPS) is 9.54. The molecule has 0 bridgehead atoms. The molecule has 3 heteroatoms. The fraction of sp³-hybridized carbons (Fsp3) is 0.400. The molecular weight excluding hydrogens is 162 g/mol. The van der Waals surface area contributed by atoms with E-state index in [0.717, 1.165) is 11.3 Å². The highest BCUT2D eigenvalue weighted by atomic mass is 15.2. The molecule has 0 saturated carbocycles. The van der Waals surface area contributed by atoms with E-state index in [2.05, 4.69) is 10.1 Å². The lowest BCUT2D eigenvalue weighted by Gasteiger charge is -1.98. The standard InChI is InChI=1S/C8H9N3.C2H6/c1-6-5-11-8(3-4-9-11)10-7(6)2;1-2/h3-5H,1-2H3;1-2H3. The molecule has 70 valence electrons. The van der Waals surface area contributed by atoms with E-state index in [1.807, 2.05) is 40.0 Å². The van der Waals surface area contributed by atoms with Gasteiger partial charge in [-0.15, -0.1) is 0 Å². The summed E-state index contributed by atoms with van der Waals surface area (Å²) in [6.07, 6.45) is 3.74. The minimum Gasteiger partial charge on any atom is -0.234 e. The predicted molar refractivity (Wildman–Crippen MR) is 53.8 cm³/mol. The van der Waals surface area contributed by atoms with Crippen molar-refractivity contribution in [2.24, 2.45) is 0 Å². The summed E-state index contributed by atoms with van der Waals surface area (Å²) in [4.78, 5) is 4.34. The van der Waals surface area contributed by atoms with Gasteiger partial charge in [-0.2, -0.15) is 5.10 Å². The number of hydrogen-bond donors (Lipinski definition) is 0. The molecule has 0 radical (unpaired) electrons. The van der Waals surface area contributed by atoms with Crippen LogP contribution in [0.3, 0.4) is 0 Å². The van der Waals surface area contributed by atoms with E-state index in [0.29, 0.717) is 0 Å². The fourth-order valence-corrected chi connectivity index (χ4v) is 1.03. The van der Waals surface area contributed by atoms with E-state index in [9.17, 15) is 0 Å². The van der Waals surface area contributed by atoms with Crippen LogP contribution in [-0.2, 0) is 0 Å². The number of fused-ring (bicyclic) bond motifs is 1. The summed E-state index contributed by atoms with van der Waals surface area (Å²) in [5, 5.41) is 4.07. The molecule has 3 nitrogen and oxygen atoms in total. The Bertz CT molecular complexity index is 354. The third-order valence-corrected chi connectivity index (χ3v) is 1.82. The molecule has 2 heterocycles. The van der Waals surface area contributed by atoms with Gasteiger partial charge in [0, 0.05) is 18.0 Å². The highest BCUT2D eigenvalue weighted by Gasteiger charge is 1.97. The number of rotatable bonds is 0. The van der Waals surface area contributed by atoms with E-state index in [1.165, 1.54) is 5.56 Å². The Morgan fingerprint density at radius 2 is 1.92 bits per heavy atom. The summed E-state index contributed by atoms with van der Waals surface area (Å²) < 4.78 is 1.78. The average Bonchev–Trinajstić information content (AvgIpc) is 2.56. The van der Waals surface area contributed by atoms with E-state index in [-0.39, 0.29) is 0 Å². The Labute approximate surface area is 78.4 Å². The molecular formula is C10H15N3. The first-order chi connectivity index (χ1) is 6.27. The van der Waals surface area contributed by atoms with Crippen LogP contribution < -0.4 is 0 Å². The highest BCUT2D eigenvalue weighted by molar-refractivity contribution is 5.38. The van der Waals surface area contributed by atoms with Gasteiger partial charge >= 0.3 is 0 Å². The number of aryl methyl sites for hydroxylation is 2. The summed E-state index contributed by atoms with van der Waals surface area (Å²) in [7, 11) is 0. The zero-order valence-corrected chi connectivity index (χ0v) is 8.57. The molecule has 0 amide bonds. The number of hydrogen-bond acceptors (Lipinski definition) is 2. The van der Waals surface area contributed by atoms with Crippen LogP contribution in [-0.4, -0.2) is 14.6 Å². The molecule has 0 spiro atoms. The van der Waals surface area contributed by atoms with Gasteiger partial charge in [-0.3, -0.25) is 0 Å². The van der Waals surface area contributed by atoms with Crippen molar-refractivity contribution in [2.75, 3.05) is 0 Å². The highest BCUT2D eigenvalue weighted by Crippen LogP contribution is 2.04. The lowest BCUT2D eigenvalue weighted by atomic mass is 10.3. The Hall–Kier alpha value is -1.38. The molecule has 2 rings (SSSR count). The first kappa shape index (κ1) is 9.71. The summed E-state index contributed by atoms with van der Waals surface area (Å²) in [6, 6.07) is 1.90. The first-order valence-electron chi connectivity index (χ1n) is 4.55. The van der Waals surface area contributed by atoms with Crippen molar-refractivity contribution in [3.8, 4) is 0 Å². The van der Waals surface area contributed by atoms with Crippen LogP contribution in [0.2, 0.25) is 0 Å². The van der Waals surface area contributed by atoms with Gasteiger partial charge in [0.15, 0.2) is 5.65 Å². The van der Waals surface area contributed by atoms with Crippen LogP contribution in [0.4, 0.5) is 0 Å². The van der Waals surface area contributed by atoms with E-state index in [4.69, 9.17) is 0 Å². The monoisotopic (exact) mass is 177 g/mol. The second-order valence-electron chi connectivity index (χ2n) is 2.64. The summed E-state index contributed by atoms with van der Waals surface area (Å²) >= 11 is 0. The fourth-order valence-electron chi connectivity index (χ4n) is 1.03. The lowest BCUT2D eigenvalue weighted by molar-refractivity contribution is 0.915. The molecule has 0 N–H and O–H groups in total. The topological polar surface area (TPSA) is 30.2 Å². The Morgan fingerprint density at radius 3 is 2.62 bits per heavy atom. The third-order valence-electron chi connectivity index (χ3n) is 1.82. The van der Waals surface area contributed by atoms with Crippen LogP contribution in [0.25, 0.3) is 5.65 Å². The van der Waals surface area contributed by atoms with Crippen molar-refractivity contribution in [2.45, 2.75) is 27.7 Å². The van der Waals surface area contributed by atoms with Crippen molar-refractivity contribution in [1.82, 2.24) is 14.6 Å². The molecule has 0 fully saturated rings. The molecule has 0 aliphatic carbocycles. The van der Waals surface area contributed by atoms with Gasteiger partial charge in [-0.25, -0.2) is 9.50 Å². The van der Waals surface area contributed by atoms with Gasteiger partial charge in [0.1, 0.15) is 0 Å².